The molecule has 0 bridgehead atoms. The highest BCUT2D eigenvalue weighted by Gasteiger charge is 2.20. The van der Waals surface area contributed by atoms with E-state index in [4.69, 9.17) is 4.74 Å². The van der Waals surface area contributed by atoms with E-state index in [0.29, 0.717) is 24.5 Å². The standard InChI is InChI=1S/C22H23BrN4O2/c1-15-13-19(16(2)27(15)18-6-3-5-17(23)14-18)22(28)25-20-7-4-8-24-21(20)26-9-11-29-12-10-26/h3-8,13-14H,9-12H2,1-2H3,(H,25,28). The fourth-order valence-corrected chi connectivity index (χ4v) is 4.10. The smallest absolute Gasteiger partial charge is 0.257 e. The number of pyridine rings is 1. The van der Waals surface area contributed by atoms with E-state index in [0.717, 1.165) is 40.5 Å². The summed E-state index contributed by atoms with van der Waals surface area (Å²) in [5.41, 5.74) is 4.29. The van der Waals surface area contributed by atoms with Gasteiger partial charge in [0.25, 0.3) is 5.91 Å². The van der Waals surface area contributed by atoms with Crippen LogP contribution >= 0.6 is 15.9 Å². The van der Waals surface area contributed by atoms with Crippen LogP contribution in [0, 0.1) is 13.8 Å². The van der Waals surface area contributed by atoms with E-state index in [1.165, 1.54) is 0 Å². The Morgan fingerprint density at radius 3 is 2.69 bits per heavy atom. The highest BCUT2D eigenvalue weighted by atomic mass is 79.9. The molecule has 1 saturated heterocycles. The molecule has 1 aliphatic heterocycles. The number of nitrogens with zero attached hydrogens (tertiary/aromatic N) is 3. The third-order valence-electron chi connectivity index (χ3n) is 5.09. The van der Waals surface area contributed by atoms with E-state index in [1.807, 2.05) is 56.3 Å². The molecule has 1 aliphatic rings. The first-order chi connectivity index (χ1) is 14.0. The van der Waals surface area contributed by atoms with E-state index in [9.17, 15) is 4.79 Å². The molecule has 1 aromatic carbocycles. The largest absolute Gasteiger partial charge is 0.378 e. The number of halogens is 1. The van der Waals surface area contributed by atoms with Crippen molar-refractivity contribution in [1.82, 2.24) is 9.55 Å². The van der Waals surface area contributed by atoms with Crippen molar-refractivity contribution >= 4 is 33.3 Å². The summed E-state index contributed by atoms with van der Waals surface area (Å²) in [6.45, 7) is 6.83. The number of amides is 1. The van der Waals surface area contributed by atoms with Crippen LogP contribution in [-0.2, 0) is 4.74 Å². The van der Waals surface area contributed by atoms with Gasteiger partial charge in [-0.2, -0.15) is 0 Å². The van der Waals surface area contributed by atoms with Crippen LogP contribution in [0.25, 0.3) is 5.69 Å². The van der Waals surface area contributed by atoms with Crippen molar-refractivity contribution < 1.29 is 9.53 Å². The summed E-state index contributed by atoms with van der Waals surface area (Å²) in [5, 5.41) is 3.06. The number of rotatable bonds is 4. The van der Waals surface area contributed by atoms with E-state index < -0.39 is 0 Å². The number of anilines is 2. The summed E-state index contributed by atoms with van der Waals surface area (Å²) in [6, 6.07) is 13.7. The average Bonchev–Trinajstić information content (AvgIpc) is 3.03. The minimum absolute atomic E-state index is 0.137. The van der Waals surface area contributed by atoms with Crippen LogP contribution in [0.15, 0.2) is 53.1 Å². The van der Waals surface area contributed by atoms with Gasteiger partial charge in [-0.1, -0.05) is 22.0 Å². The zero-order valence-corrected chi connectivity index (χ0v) is 18.1. The van der Waals surface area contributed by atoms with Crippen LogP contribution in [0.2, 0.25) is 0 Å². The number of hydrogen-bond donors (Lipinski definition) is 1. The third kappa shape index (κ3) is 4.06. The summed E-state index contributed by atoms with van der Waals surface area (Å²) < 4.78 is 8.52. The van der Waals surface area contributed by atoms with Gasteiger partial charge in [0.2, 0.25) is 0 Å². The van der Waals surface area contributed by atoms with Gasteiger partial charge in [-0.3, -0.25) is 4.79 Å². The van der Waals surface area contributed by atoms with Gasteiger partial charge in [0.1, 0.15) is 0 Å². The molecule has 3 heterocycles. The number of carbonyl (C=O) groups is 1. The van der Waals surface area contributed by atoms with Crippen molar-refractivity contribution in [3.8, 4) is 5.69 Å². The molecule has 0 spiro atoms. The lowest BCUT2D eigenvalue weighted by Crippen LogP contribution is -2.37. The Morgan fingerprint density at radius 2 is 1.93 bits per heavy atom. The molecule has 1 N–H and O–H groups in total. The number of ether oxygens (including phenoxy) is 1. The second-order valence-electron chi connectivity index (χ2n) is 7.03. The first kappa shape index (κ1) is 19.7. The fourth-order valence-electron chi connectivity index (χ4n) is 3.72. The molecule has 0 atom stereocenters. The van der Waals surface area contributed by atoms with E-state index in [1.54, 1.807) is 6.20 Å². The van der Waals surface area contributed by atoms with E-state index in [2.05, 4.69) is 35.7 Å². The molecule has 4 rings (SSSR count). The number of morpholine rings is 1. The number of aromatic nitrogens is 2. The maximum absolute atomic E-state index is 13.1. The Labute approximate surface area is 178 Å². The predicted molar refractivity (Wildman–Crippen MR) is 118 cm³/mol. The zero-order chi connectivity index (χ0) is 20.4. The molecular formula is C22H23BrN4O2. The minimum Gasteiger partial charge on any atom is -0.378 e. The fraction of sp³-hybridized carbons (Fsp3) is 0.273. The molecule has 2 aromatic heterocycles. The van der Waals surface area contributed by atoms with Crippen molar-refractivity contribution in [2.24, 2.45) is 0 Å². The molecule has 7 heteroatoms. The molecular weight excluding hydrogens is 432 g/mol. The Morgan fingerprint density at radius 1 is 1.14 bits per heavy atom. The van der Waals surface area contributed by atoms with Crippen molar-refractivity contribution in [3.63, 3.8) is 0 Å². The first-order valence-electron chi connectivity index (χ1n) is 9.58. The Bertz CT molecular complexity index is 1040. The molecule has 1 fully saturated rings. The molecule has 150 valence electrons. The lowest BCUT2D eigenvalue weighted by Gasteiger charge is -2.29. The summed E-state index contributed by atoms with van der Waals surface area (Å²) in [7, 11) is 0. The Hall–Kier alpha value is -2.64. The molecule has 0 aliphatic carbocycles. The monoisotopic (exact) mass is 454 g/mol. The average molecular weight is 455 g/mol. The van der Waals surface area contributed by atoms with Gasteiger partial charge in [-0.25, -0.2) is 4.98 Å². The summed E-state index contributed by atoms with van der Waals surface area (Å²) in [6.07, 6.45) is 1.75. The van der Waals surface area contributed by atoms with Gasteiger partial charge < -0.3 is 19.5 Å². The van der Waals surface area contributed by atoms with Gasteiger partial charge in [0.05, 0.1) is 24.5 Å². The lowest BCUT2D eigenvalue weighted by molar-refractivity contribution is 0.102. The molecule has 3 aromatic rings. The van der Waals surface area contributed by atoms with Crippen LogP contribution in [-0.4, -0.2) is 41.8 Å². The second kappa shape index (κ2) is 8.39. The highest BCUT2D eigenvalue weighted by Crippen LogP contribution is 2.27. The summed E-state index contributed by atoms with van der Waals surface area (Å²) >= 11 is 3.52. The topological polar surface area (TPSA) is 59.4 Å². The molecule has 6 nitrogen and oxygen atoms in total. The number of aryl methyl sites for hydroxylation is 1. The van der Waals surface area contributed by atoms with Gasteiger partial charge in [0.15, 0.2) is 5.82 Å². The molecule has 1 amide bonds. The van der Waals surface area contributed by atoms with Crippen LogP contribution in [0.5, 0.6) is 0 Å². The maximum atomic E-state index is 13.1. The van der Waals surface area contributed by atoms with Crippen LogP contribution in [0.1, 0.15) is 21.7 Å². The van der Waals surface area contributed by atoms with Crippen molar-refractivity contribution in [2.45, 2.75) is 13.8 Å². The van der Waals surface area contributed by atoms with Crippen molar-refractivity contribution in [3.05, 3.63) is 70.1 Å². The van der Waals surface area contributed by atoms with Gasteiger partial charge in [-0.05, 0) is 50.2 Å². The SMILES string of the molecule is Cc1cc(C(=O)Nc2cccnc2N2CCOCC2)c(C)n1-c1cccc(Br)c1. The summed E-state index contributed by atoms with van der Waals surface area (Å²) in [5.74, 6) is 0.645. The zero-order valence-electron chi connectivity index (χ0n) is 16.5. The quantitative estimate of drug-likeness (QED) is 0.636. The van der Waals surface area contributed by atoms with E-state index in [-0.39, 0.29) is 5.91 Å². The molecule has 0 unspecified atom stereocenters. The summed E-state index contributed by atoms with van der Waals surface area (Å²) in [4.78, 5) is 19.8. The Balaban J connectivity index is 1.63. The third-order valence-corrected chi connectivity index (χ3v) is 5.58. The second-order valence-corrected chi connectivity index (χ2v) is 7.94. The predicted octanol–water partition coefficient (Wildman–Crippen LogP) is 4.34. The van der Waals surface area contributed by atoms with Gasteiger partial charge >= 0.3 is 0 Å². The van der Waals surface area contributed by atoms with Crippen LogP contribution < -0.4 is 10.2 Å². The first-order valence-corrected chi connectivity index (χ1v) is 10.4. The molecule has 0 saturated carbocycles. The normalized spacial score (nSPS) is 14.1. The number of hydrogen-bond acceptors (Lipinski definition) is 4. The number of carbonyl (C=O) groups excluding carboxylic acids is 1. The van der Waals surface area contributed by atoms with Crippen LogP contribution in [0.4, 0.5) is 11.5 Å². The molecule has 0 radical (unpaired) electrons. The van der Waals surface area contributed by atoms with E-state index >= 15 is 0 Å². The van der Waals surface area contributed by atoms with Crippen LogP contribution in [0.3, 0.4) is 0 Å². The van der Waals surface area contributed by atoms with Gasteiger partial charge in [0, 0.05) is 40.8 Å². The molecule has 29 heavy (non-hydrogen) atoms. The van der Waals surface area contributed by atoms with Crippen molar-refractivity contribution in [1.29, 1.82) is 0 Å². The number of benzene rings is 1. The van der Waals surface area contributed by atoms with Gasteiger partial charge in [-0.15, -0.1) is 0 Å². The lowest BCUT2D eigenvalue weighted by atomic mass is 10.2. The minimum atomic E-state index is -0.137. The number of nitrogens with one attached hydrogen (secondary N) is 1. The Kier molecular flexibility index (Phi) is 5.69. The maximum Gasteiger partial charge on any atom is 0.257 e. The van der Waals surface area contributed by atoms with Crippen molar-refractivity contribution in [2.75, 3.05) is 36.5 Å². The highest BCUT2D eigenvalue weighted by molar-refractivity contribution is 9.10.